The summed E-state index contributed by atoms with van der Waals surface area (Å²) in [7, 11) is 0. The van der Waals surface area contributed by atoms with Crippen molar-refractivity contribution in [2.45, 2.75) is 0 Å². The maximum Gasteiger partial charge on any atom is 0.255 e. The highest BCUT2D eigenvalue weighted by Gasteiger charge is 2.13. The second kappa shape index (κ2) is 8.25. The Morgan fingerprint density at radius 2 is 1.66 bits per heavy atom. The number of amides is 1. The van der Waals surface area contributed by atoms with Crippen LogP contribution in [0.4, 0.5) is 5.69 Å². The van der Waals surface area contributed by atoms with Gasteiger partial charge < -0.3 is 10.3 Å². The molecule has 4 aromatic rings. The van der Waals surface area contributed by atoms with Crippen LogP contribution in [0.15, 0.2) is 66.9 Å². The van der Waals surface area contributed by atoms with E-state index >= 15 is 0 Å². The van der Waals surface area contributed by atoms with Crippen LogP contribution in [-0.2, 0) is 0 Å². The number of nitrogens with zero attached hydrogens (tertiary/aromatic N) is 2. The van der Waals surface area contributed by atoms with Crippen molar-refractivity contribution in [1.29, 1.82) is 0 Å². The molecule has 2 N–H and O–H groups in total. The molecule has 0 fully saturated rings. The summed E-state index contributed by atoms with van der Waals surface area (Å²) < 4.78 is 0. The lowest BCUT2D eigenvalue weighted by atomic mass is 10.1. The summed E-state index contributed by atoms with van der Waals surface area (Å²) in [6.45, 7) is 0. The average molecular weight is 444 g/mol. The second-order valence-electron chi connectivity index (χ2n) is 6.16. The molecule has 29 heavy (non-hydrogen) atoms. The number of imidazole rings is 1. The van der Waals surface area contributed by atoms with Gasteiger partial charge in [-0.15, -0.1) is 0 Å². The van der Waals surface area contributed by atoms with Gasteiger partial charge in [0.15, 0.2) is 0 Å². The van der Waals surface area contributed by atoms with Crippen molar-refractivity contribution in [3.8, 4) is 22.6 Å². The highest BCUT2D eigenvalue weighted by atomic mass is 35.5. The Hall–Kier alpha value is -2.86. The Morgan fingerprint density at radius 3 is 2.38 bits per heavy atom. The van der Waals surface area contributed by atoms with E-state index in [-0.39, 0.29) is 16.2 Å². The Labute approximate surface area is 181 Å². The number of H-pyrrole nitrogens is 1. The van der Waals surface area contributed by atoms with Crippen molar-refractivity contribution in [1.82, 2.24) is 15.0 Å². The summed E-state index contributed by atoms with van der Waals surface area (Å²) in [5.41, 5.74) is 3.40. The lowest BCUT2D eigenvalue weighted by Gasteiger charge is -2.09. The number of hydrogen-bond donors (Lipinski definition) is 2. The first-order valence-electron chi connectivity index (χ1n) is 8.54. The van der Waals surface area contributed by atoms with Crippen molar-refractivity contribution < 1.29 is 4.79 Å². The third-order valence-electron chi connectivity index (χ3n) is 4.16. The zero-order valence-electron chi connectivity index (χ0n) is 14.8. The summed E-state index contributed by atoms with van der Waals surface area (Å²) in [5.74, 6) is 0.230. The van der Waals surface area contributed by atoms with E-state index in [1.807, 2.05) is 30.3 Å². The molecule has 0 saturated carbocycles. The molecule has 2 aromatic carbocycles. The Bertz CT molecular complexity index is 1170. The molecular formula is C21H13Cl3N4O. The number of hydrogen-bond acceptors (Lipinski definition) is 3. The molecule has 2 aromatic heterocycles. The molecule has 0 unspecified atom stereocenters. The first-order valence-corrected chi connectivity index (χ1v) is 9.68. The summed E-state index contributed by atoms with van der Waals surface area (Å²) >= 11 is 18.1. The number of nitrogens with one attached hydrogen (secondary N) is 2. The van der Waals surface area contributed by atoms with E-state index in [0.29, 0.717) is 27.7 Å². The quantitative estimate of drug-likeness (QED) is 0.361. The van der Waals surface area contributed by atoms with Crippen LogP contribution < -0.4 is 5.32 Å². The lowest BCUT2D eigenvalue weighted by molar-refractivity contribution is 0.102. The Kier molecular flexibility index (Phi) is 5.53. The van der Waals surface area contributed by atoms with E-state index < -0.39 is 0 Å². The summed E-state index contributed by atoms with van der Waals surface area (Å²) in [6.07, 6.45) is 1.74. The monoisotopic (exact) mass is 442 g/mol. The van der Waals surface area contributed by atoms with Gasteiger partial charge >= 0.3 is 0 Å². The van der Waals surface area contributed by atoms with E-state index in [1.54, 1.807) is 24.4 Å². The van der Waals surface area contributed by atoms with Crippen LogP contribution >= 0.6 is 34.8 Å². The molecule has 2 heterocycles. The molecular weight excluding hydrogens is 431 g/mol. The first kappa shape index (κ1) is 19.5. The fourth-order valence-corrected chi connectivity index (χ4v) is 3.47. The molecule has 1 amide bonds. The molecule has 4 rings (SSSR count). The van der Waals surface area contributed by atoms with Gasteiger partial charge in [-0.25, -0.2) is 9.97 Å². The minimum atomic E-state index is -0.367. The molecule has 0 atom stereocenters. The van der Waals surface area contributed by atoms with Gasteiger partial charge in [-0.05, 0) is 35.9 Å². The number of carbonyl (C=O) groups is 1. The third-order valence-corrected chi connectivity index (χ3v) is 4.88. The van der Waals surface area contributed by atoms with Gasteiger partial charge in [0.1, 0.15) is 16.1 Å². The standard InChI is InChI=1S/C21H13Cl3N4O/c22-16-7-6-14(26-21(29)13-8-18(23)28-19(24)9-13)10-15(16)20-25-11-17(27-20)12-4-2-1-3-5-12/h1-11H,(H,25,27)(H,26,29). The van der Waals surface area contributed by atoms with Crippen molar-refractivity contribution in [3.63, 3.8) is 0 Å². The highest BCUT2D eigenvalue weighted by Crippen LogP contribution is 2.30. The summed E-state index contributed by atoms with van der Waals surface area (Å²) in [6, 6.07) is 17.9. The Balaban J connectivity index is 1.61. The van der Waals surface area contributed by atoms with Crippen LogP contribution in [-0.4, -0.2) is 20.9 Å². The number of anilines is 1. The zero-order valence-corrected chi connectivity index (χ0v) is 17.1. The molecule has 8 heteroatoms. The molecule has 0 aliphatic carbocycles. The fraction of sp³-hybridized carbons (Fsp3) is 0. The van der Waals surface area contributed by atoms with Gasteiger partial charge in [-0.1, -0.05) is 65.1 Å². The van der Waals surface area contributed by atoms with Crippen LogP contribution in [0.1, 0.15) is 10.4 Å². The lowest BCUT2D eigenvalue weighted by Crippen LogP contribution is -2.12. The predicted molar refractivity (Wildman–Crippen MR) is 117 cm³/mol. The van der Waals surface area contributed by atoms with Crippen LogP contribution in [0, 0.1) is 0 Å². The average Bonchev–Trinajstić information content (AvgIpc) is 3.19. The molecule has 0 spiro atoms. The smallest absolute Gasteiger partial charge is 0.255 e. The summed E-state index contributed by atoms with van der Waals surface area (Å²) in [4.78, 5) is 24.1. The van der Waals surface area contributed by atoms with Gasteiger partial charge in [0.25, 0.3) is 5.91 Å². The van der Waals surface area contributed by atoms with E-state index in [1.165, 1.54) is 12.1 Å². The van der Waals surface area contributed by atoms with Gasteiger partial charge in [-0.3, -0.25) is 4.79 Å². The second-order valence-corrected chi connectivity index (χ2v) is 7.34. The fourth-order valence-electron chi connectivity index (χ4n) is 2.81. The SMILES string of the molecule is O=C(Nc1ccc(Cl)c(-c2ncc(-c3ccccc3)[nH]2)c1)c1cc(Cl)nc(Cl)c1. The molecule has 0 bridgehead atoms. The first-order chi connectivity index (χ1) is 14.0. The van der Waals surface area contributed by atoms with Crippen LogP contribution in [0.2, 0.25) is 15.3 Å². The molecule has 0 aliphatic rings. The number of rotatable bonds is 4. The van der Waals surface area contributed by atoms with Crippen molar-refractivity contribution in [3.05, 3.63) is 87.8 Å². The maximum atomic E-state index is 12.5. The van der Waals surface area contributed by atoms with E-state index in [9.17, 15) is 4.79 Å². The number of halogens is 3. The van der Waals surface area contributed by atoms with E-state index in [2.05, 4.69) is 20.3 Å². The van der Waals surface area contributed by atoms with E-state index in [4.69, 9.17) is 34.8 Å². The van der Waals surface area contributed by atoms with Gasteiger partial charge in [0, 0.05) is 16.8 Å². The van der Waals surface area contributed by atoms with Gasteiger partial charge in [0.05, 0.1) is 16.9 Å². The number of pyridine rings is 1. The van der Waals surface area contributed by atoms with Crippen molar-refractivity contribution in [2.24, 2.45) is 0 Å². The Morgan fingerprint density at radius 1 is 0.931 bits per heavy atom. The van der Waals surface area contributed by atoms with Gasteiger partial charge in [0.2, 0.25) is 0 Å². The minimum absolute atomic E-state index is 0.142. The minimum Gasteiger partial charge on any atom is -0.338 e. The normalized spacial score (nSPS) is 10.7. The maximum absolute atomic E-state index is 12.5. The largest absolute Gasteiger partial charge is 0.338 e. The number of aromatic nitrogens is 3. The predicted octanol–water partition coefficient (Wildman–Crippen LogP) is 6.35. The molecule has 144 valence electrons. The van der Waals surface area contributed by atoms with Crippen LogP contribution in [0.3, 0.4) is 0 Å². The molecule has 0 radical (unpaired) electrons. The van der Waals surface area contributed by atoms with Gasteiger partial charge in [-0.2, -0.15) is 0 Å². The highest BCUT2D eigenvalue weighted by molar-refractivity contribution is 6.34. The van der Waals surface area contributed by atoms with Crippen LogP contribution in [0.5, 0.6) is 0 Å². The molecule has 0 aliphatic heterocycles. The molecule has 5 nitrogen and oxygen atoms in total. The van der Waals surface area contributed by atoms with Crippen molar-refractivity contribution >= 4 is 46.4 Å². The summed E-state index contributed by atoms with van der Waals surface area (Å²) in [5, 5.41) is 3.59. The number of aromatic amines is 1. The third kappa shape index (κ3) is 4.43. The molecule has 0 saturated heterocycles. The number of benzene rings is 2. The zero-order chi connectivity index (χ0) is 20.4. The topological polar surface area (TPSA) is 70.7 Å². The van der Waals surface area contributed by atoms with E-state index in [0.717, 1.165) is 11.3 Å². The number of carbonyl (C=O) groups excluding carboxylic acids is 1. The van der Waals surface area contributed by atoms with Crippen molar-refractivity contribution in [2.75, 3.05) is 5.32 Å². The van der Waals surface area contributed by atoms with Crippen LogP contribution in [0.25, 0.3) is 22.6 Å².